The van der Waals surface area contributed by atoms with Crippen molar-refractivity contribution in [2.45, 2.75) is 6.92 Å². The van der Waals surface area contributed by atoms with Gasteiger partial charge in [0.05, 0.1) is 5.92 Å². The second-order valence-electron chi connectivity index (χ2n) is 3.33. The fourth-order valence-electron chi connectivity index (χ4n) is 1.34. The zero-order valence-electron chi connectivity index (χ0n) is 7.56. The number of hydrogen-bond donors (Lipinski definition) is 1. The number of amides is 1. The second-order valence-corrected chi connectivity index (χ2v) is 3.33. The van der Waals surface area contributed by atoms with Crippen molar-refractivity contribution in [3.05, 3.63) is 12.7 Å². The summed E-state index contributed by atoms with van der Waals surface area (Å²) in [5, 5.41) is 8.68. The lowest BCUT2D eigenvalue weighted by molar-refractivity contribution is -0.148. The van der Waals surface area contributed by atoms with E-state index in [0.717, 1.165) is 0 Å². The smallest absolute Gasteiger partial charge is 0.306 e. The van der Waals surface area contributed by atoms with E-state index in [1.54, 1.807) is 11.8 Å². The van der Waals surface area contributed by atoms with Crippen LogP contribution in [0.1, 0.15) is 6.92 Å². The first-order valence-electron chi connectivity index (χ1n) is 4.20. The molecule has 0 aromatic rings. The van der Waals surface area contributed by atoms with Crippen molar-refractivity contribution in [1.82, 2.24) is 4.90 Å². The summed E-state index contributed by atoms with van der Waals surface area (Å²) in [4.78, 5) is 23.1. The Kier molecular flexibility index (Phi) is 2.70. The summed E-state index contributed by atoms with van der Waals surface area (Å²) < 4.78 is 0. The van der Waals surface area contributed by atoms with Crippen molar-refractivity contribution in [1.29, 1.82) is 0 Å². The van der Waals surface area contributed by atoms with Gasteiger partial charge in [-0.2, -0.15) is 0 Å². The van der Waals surface area contributed by atoms with Gasteiger partial charge in [0.15, 0.2) is 0 Å². The van der Waals surface area contributed by atoms with Gasteiger partial charge in [-0.05, 0) is 6.08 Å². The van der Waals surface area contributed by atoms with Crippen LogP contribution in [-0.4, -0.2) is 35.0 Å². The fraction of sp³-hybridized carbons (Fsp3) is 0.556. The van der Waals surface area contributed by atoms with Crippen LogP contribution in [-0.2, 0) is 9.59 Å². The minimum absolute atomic E-state index is 0.0985. The van der Waals surface area contributed by atoms with Crippen LogP contribution in [0.15, 0.2) is 12.7 Å². The predicted octanol–water partition coefficient (Wildman–Crippen LogP) is 0.352. The zero-order valence-corrected chi connectivity index (χ0v) is 7.56. The number of carbonyl (C=O) groups is 2. The highest BCUT2D eigenvalue weighted by Gasteiger charge is 2.36. The maximum absolute atomic E-state index is 11.0. The second kappa shape index (κ2) is 3.60. The molecule has 4 nitrogen and oxygen atoms in total. The minimum Gasteiger partial charge on any atom is -0.481 e. The van der Waals surface area contributed by atoms with Gasteiger partial charge in [-0.3, -0.25) is 9.59 Å². The third-order valence-corrected chi connectivity index (χ3v) is 2.49. The number of nitrogens with zero attached hydrogens (tertiary/aromatic N) is 1. The number of carboxylic acid groups (broad SMARTS) is 1. The van der Waals surface area contributed by atoms with Gasteiger partial charge in [-0.1, -0.05) is 13.5 Å². The SMILES string of the molecule is C=CC(=O)N1CC(C(C)C(=O)O)C1. The van der Waals surface area contributed by atoms with Gasteiger partial charge in [-0.25, -0.2) is 0 Å². The molecule has 0 radical (unpaired) electrons. The Labute approximate surface area is 76.8 Å². The molecule has 1 heterocycles. The highest BCUT2D eigenvalue weighted by molar-refractivity contribution is 5.87. The van der Waals surface area contributed by atoms with Crippen molar-refractivity contribution in [2.75, 3.05) is 13.1 Å². The van der Waals surface area contributed by atoms with E-state index in [4.69, 9.17) is 5.11 Å². The van der Waals surface area contributed by atoms with E-state index in [1.165, 1.54) is 6.08 Å². The van der Waals surface area contributed by atoms with Crippen molar-refractivity contribution < 1.29 is 14.7 Å². The molecule has 0 spiro atoms. The molecule has 1 aliphatic rings. The predicted molar refractivity (Wildman–Crippen MR) is 47.1 cm³/mol. The van der Waals surface area contributed by atoms with Crippen LogP contribution in [0.4, 0.5) is 0 Å². The van der Waals surface area contributed by atoms with E-state index >= 15 is 0 Å². The highest BCUT2D eigenvalue weighted by Crippen LogP contribution is 2.23. The van der Waals surface area contributed by atoms with Crippen LogP contribution in [0.3, 0.4) is 0 Å². The molecule has 0 aromatic carbocycles. The summed E-state index contributed by atoms with van der Waals surface area (Å²) in [7, 11) is 0. The van der Waals surface area contributed by atoms with E-state index in [9.17, 15) is 9.59 Å². The molecule has 1 atom stereocenters. The van der Waals surface area contributed by atoms with Crippen LogP contribution in [0, 0.1) is 11.8 Å². The maximum Gasteiger partial charge on any atom is 0.306 e. The molecule has 1 unspecified atom stereocenters. The van der Waals surface area contributed by atoms with Crippen LogP contribution < -0.4 is 0 Å². The van der Waals surface area contributed by atoms with Gasteiger partial charge in [-0.15, -0.1) is 0 Å². The van der Waals surface area contributed by atoms with E-state index in [0.29, 0.717) is 13.1 Å². The van der Waals surface area contributed by atoms with Gasteiger partial charge in [0.1, 0.15) is 0 Å². The summed E-state index contributed by atoms with van der Waals surface area (Å²) >= 11 is 0. The van der Waals surface area contributed by atoms with E-state index in [2.05, 4.69) is 6.58 Å². The largest absolute Gasteiger partial charge is 0.481 e. The van der Waals surface area contributed by atoms with E-state index in [1.807, 2.05) is 0 Å². The summed E-state index contributed by atoms with van der Waals surface area (Å²) in [6, 6.07) is 0. The molecule has 13 heavy (non-hydrogen) atoms. The average molecular weight is 183 g/mol. The number of carboxylic acids is 1. The molecule has 1 saturated heterocycles. The quantitative estimate of drug-likeness (QED) is 0.642. The Balaban J connectivity index is 2.37. The molecule has 1 fully saturated rings. The zero-order chi connectivity index (χ0) is 10.0. The Hall–Kier alpha value is -1.32. The molecule has 0 bridgehead atoms. The standard InChI is InChI=1S/C9H13NO3/c1-3-8(11)10-4-7(5-10)6(2)9(12)13/h3,6-7H,1,4-5H2,2H3,(H,12,13). The van der Waals surface area contributed by atoms with E-state index < -0.39 is 5.97 Å². The molecule has 1 aliphatic heterocycles. The van der Waals surface area contributed by atoms with Gasteiger partial charge in [0.2, 0.25) is 5.91 Å². The van der Waals surface area contributed by atoms with E-state index in [-0.39, 0.29) is 17.7 Å². The number of aliphatic carboxylic acids is 1. The molecule has 0 saturated carbocycles. The van der Waals surface area contributed by atoms with Gasteiger partial charge >= 0.3 is 5.97 Å². The Morgan fingerprint density at radius 2 is 2.15 bits per heavy atom. The normalized spacial score (nSPS) is 19.0. The molecule has 0 aromatic heterocycles. The van der Waals surface area contributed by atoms with Crippen molar-refractivity contribution in [2.24, 2.45) is 11.8 Å². The molecular formula is C9H13NO3. The van der Waals surface area contributed by atoms with Crippen molar-refractivity contribution in [3.8, 4) is 0 Å². The maximum atomic E-state index is 11.0. The monoisotopic (exact) mass is 183 g/mol. The molecule has 1 rings (SSSR count). The summed E-state index contributed by atoms with van der Waals surface area (Å²) in [5.41, 5.74) is 0. The number of carbonyl (C=O) groups excluding carboxylic acids is 1. The summed E-state index contributed by atoms with van der Waals surface area (Å²) in [6.07, 6.45) is 1.25. The van der Waals surface area contributed by atoms with Crippen molar-refractivity contribution >= 4 is 11.9 Å². The molecule has 1 N–H and O–H groups in total. The molecule has 72 valence electrons. The third-order valence-electron chi connectivity index (χ3n) is 2.49. The van der Waals surface area contributed by atoms with Crippen LogP contribution in [0.2, 0.25) is 0 Å². The van der Waals surface area contributed by atoms with Crippen LogP contribution in [0.5, 0.6) is 0 Å². The van der Waals surface area contributed by atoms with Gasteiger partial charge < -0.3 is 10.0 Å². The topological polar surface area (TPSA) is 57.6 Å². The lowest BCUT2D eigenvalue weighted by atomic mass is 9.87. The summed E-state index contributed by atoms with van der Waals surface area (Å²) in [6.45, 7) is 6.11. The third kappa shape index (κ3) is 1.88. The van der Waals surface area contributed by atoms with Crippen LogP contribution >= 0.6 is 0 Å². The highest BCUT2D eigenvalue weighted by atomic mass is 16.4. The van der Waals surface area contributed by atoms with Crippen molar-refractivity contribution in [3.63, 3.8) is 0 Å². The Morgan fingerprint density at radius 3 is 2.54 bits per heavy atom. The average Bonchev–Trinajstić information content (AvgIpc) is 2.00. The Morgan fingerprint density at radius 1 is 1.62 bits per heavy atom. The number of likely N-dealkylation sites (tertiary alicyclic amines) is 1. The summed E-state index contributed by atoms with van der Waals surface area (Å²) in [5.74, 6) is -1.18. The lowest BCUT2D eigenvalue weighted by Gasteiger charge is -2.40. The molecule has 1 amide bonds. The van der Waals surface area contributed by atoms with Crippen LogP contribution in [0.25, 0.3) is 0 Å². The van der Waals surface area contributed by atoms with Gasteiger partial charge in [0, 0.05) is 19.0 Å². The van der Waals surface area contributed by atoms with Gasteiger partial charge in [0.25, 0.3) is 0 Å². The fourth-order valence-corrected chi connectivity index (χ4v) is 1.34. The molecule has 4 heteroatoms. The number of hydrogen-bond acceptors (Lipinski definition) is 2. The number of rotatable bonds is 3. The molecular weight excluding hydrogens is 170 g/mol. The Bertz CT molecular complexity index is 243. The first kappa shape index (κ1) is 9.77. The molecule has 0 aliphatic carbocycles. The first-order chi connectivity index (χ1) is 6.06. The lowest BCUT2D eigenvalue weighted by Crippen LogP contribution is -2.52. The minimum atomic E-state index is -0.796. The first-order valence-corrected chi connectivity index (χ1v) is 4.20.